The number of unbranched alkanes of at least 4 members (excludes halogenated alkanes) is 2. The van der Waals surface area contributed by atoms with Gasteiger partial charge in [-0.3, -0.25) is 9.59 Å². The van der Waals surface area contributed by atoms with Crippen molar-refractivity contribution in [3.05, 3.63) is 83.2 Å². The summed E-state index contributed by atoms with van der Waals surface area (Å²) in [7, 11) is 0. The Morgan fingerprint density at radius 1 is 1.15 bits per heavy atom. The van der Waals surface area contributed by atoms with E-state index in [1.165, 1.54) is 16.2 Å². The third-order valence-electron chi connectivity index (χ3n) is 5.84. The summed E-state index contributed by atoms with van der Waals surface area (Å²) < 4.78 is 29.5. The van der Waals surface area contributed by atoms with Crippen molar-refractivity contribution in [3.63, 3.8) is 0 Å². The van der Waals surface area contributed by atoms with Gasteiger partial charge in [0, 0.05) is 22.7 Å². The van der Waals surface area contributed by atoms with Crippen LogP contribution in [-0.2, 0) is 13.0 Å². The van der Waals surface area contributed by atoms with Crippen molar-refractivity contribution in [3.8, 4) is 0 Å². The molecule has 1 aliphatic rings. The fourth-order valence-electron chi connectivity index (χ4n) is 4.07. The minimum absolute atomic E-state index is 0.139. The van der Waals surface area contributed by atoms with E-state index in [0.29, 0.717) is 23.0 Å². The number of allylic oxidation sites excluding steroid dienone is 2. The summed E-state index contributed by atoms with van der Waals surface area (Å²) in [5, 5.41) is 13.2. The zero-order chi connectivity index (χ0) is 24.1. The van der Waals surface area contributed by atoms with Crippen molar-refractivity contribution in [1.82, 2.24) is 15.2 Å². The molecule has 2 amide bonds. The lowest BCUT2D eigenvalue weighted by Gasteiger charge is -2.15. The smallest absolute Gasteiger partial charge is 0.282 e. The number of nitrogens with one attached hydrogen (secondary N) is 3. The molecule has 3 aromatic rings. The van der Waals surface area contributed by atoms with Gasteiger partial charge in [-0.05, 0) is 49.4 Å². The highest BCUT2D eigenvalue weighted by Gasteiger charge is 2.35. The number of hydrogen-bond donors (Lipinski definition) is 3. The molecule has 2 aromatic carbocycles. The molecule has 1 aromatic heterocycles. The molecule has 0 spiro atoms. The van der Waals surface area contributed by atoms with E-state index in [2.05, 4.69) is 22.8 Å². The SMILES string of the molecule is N=CC(=CCCCCc1ccccc1)NC(=O)c1ccc2cc3n(c2c1)CC(F)(F)CNC3=O. The number of rotatable bonds is 8. The summed E-state index contributed by atoms with van der Waals surface area (Å²) in [5.41, 5.74) is 2.45. The van der Waals surface area contributed by atoms with Gasteiger partial charge in [-0.15, -0.1) is 0 Å². The van der Waals surface area contributed by atoms with E-state index in [-0.39, 0.29) is 11.3 Å². The lowest BCUT2D eigenvalue weighted by molar-refractivity contribution is -0.00920. The maximum absolute atomic E-state index is 14.1. The standard InChI is InChI=1S/C26H26F2N4O2/c27-26(28)16-30-25(34)23-13-19-11-12-20(14-22(19)32(23)17-26)24(33)31-21(15-29)10-6-2-5-9-18-7-3-1-4-8-18/h1,3-4,7-8,10-15,29H,2,5-6,9,16-17H2,(H,30,34)(H,31,33). The number of carbonyl (C=O) groups is 2. The van der Waals surface area contributed by atoms with Crippen LogP contribution in [0.5, 0.6) is 0 Å². The van der Waals surface area contributed by atoms with E-state index in [1.54, 1.807) is 18.2 Å². The first kappa shape index (κ1) is 23.4. The molecule has 3 N–H and O–H groups in total. The predicted molar refractivity (Wildman–Crippen MR) is 128 cm³/mol. The second-order valence-corrected chi connectivity index (χ2v) is 8.42. The Morgan fingerprint density at radius 3 is 2.71 bits per heavy atom. The second kappa shape index (κ2) is 9.99. The lowest BCUT2D eigenvalue weighted by Crippen LogP contribution is -2.35. The Balaban J connectivity index is 1.43. The van der Waals surface area contributed by atoms with E-state index in [0.717, 1.165) is 25.5 Å². The molecule has 176 valence electrons. The molecule has 34 heavy (non-hydrogen) atoms. The topological polar surface area (TPSA) is 87.0 Å². The molecule has 0 radical (unpaired) electrons. The van der Waals surface area contributed by atoms with Crippen LogP contribution in [0.3, 0.4) is 0 Å². The number of alkyl halides is 2. The largest absolute Gasteiger partial charge is 0.345 e. The first-order chi connectivity index (χ1) is 16.4. The molecule has 0 aliphatic carbocycles. The lowest BCUT2D eigenvalue weighted by atomic mass is 10.1. The molecule has 0 fully saturated rings. The molecule has 0 atom stereocenters. The highest BCUT2D eigenvalue weighted by atomic mass is 19.3. The van der Waals surface area contributed by atoms with E-state index >= 15 is 0 Å². The van der Waals surface area contributed by atoms with Crippen molar-refractivity contribution in [2.24, 2.45) is 0 Å². The summed E-state index contributed by atoms with van der Waals surface area (Å²) >= 11 is 0. The maximum Gasteiger partial charge on any atom is 0.282 e. The van der Waals surface area contributed by atoms with Gasteiger partial charge in [0.25, 0.3) is 17.7 Å². The number of aromatic nitrogens is 1. The van der Waals surface area contributed by atoms with Crippen LogP contribution < -0.4 is 10.6 Å². The molecule has 0 saturated heterocycles. The first-order valence-corrected chi connectivity index (χ1v) is 11.2. The van der Waals surface area contributed by atoms with Gasteiger partial charge in [0.15, 0.2) is 0 Å². The van der Waals surface area contributed by atoms with Crippen molar-refractivity contribution in [1.29, 1.82) is 5.41 Å². The summed E-state index contributed by atoms with van der Waals surface area (Å²) in [6.07, 6.45) is 6.49. The first-order valence-electron chi connectivity index (χ1n) is 11.2. The molecule has 8 heteroatoms. The molecular weight excluding hydrogens is 438 g/mol. The van der Waals surface area contributed by atoms with E-state index in [4.69, 9.17) is 5.41 Å². The Kier molecular flexibility index (Phi) is 6.86. The van der Waals surface area contributed by atoms with Crippen LogP contribution in [0.2, 0.25) is 0 Å². The van der Waals surface area contributed by atoms with Gasteiger partial charge in [0.2, 0.25) is 0 Å². The number of carbonyl (C=O) groups excluding carboxylic acids is 2. The number of hydrogen-bond acceptors (Lipinski definition) is 3. The summed E-state index contributed by atoms with van der Waals surface area (Å²) in [5.74, 6) is -4.11. The van der Waals surface area contributed by atoms with Gasteiger partial charge in [-0.1, -0.05) is 42.5 Å². The number of nitrogens with zero attached hydrogens (tertiary/aromatic N) is 1. The van der Waals surface area contributed by atoms with Crippen molar-refractivity contribution >= 4 is 28.9 Å². The molecule has 2 heterocycles. The van der Waals surface area contributed by atoms with Crippen LogP contribution in [0.1, 0.15) is 45.7 Å². The zero-order valence-electron chi connectivity index (χ0n) is 18.6. The minimum atomic E-state index is -3.10. The molecule has 6 nitrogen and oxygen atoms in total. The predicted octanol–water partition coefficient (Wildman–Crippen LogP) is 4.70. The number of aryl methyl sites for hydroxylation is 1. The highest BCUT2D eigenvalue weighted by Crippen LogP contribution is 2.28. The van der Waals surface area contributed by atoms with Crippen LogP contribution >= 0.6 is 0 Å². The van der Waals surface area contributed by atoms with Gasteiger partial charge in [-0.25, -0.2) is 8.78 Å². The van der Waals surface area contributed by atoms with Crippen LogP contribution in [0.4, 0.5) is 8.78 Å². The summed E-state index contributed by atoms with van der Waals surface area (Å²) in [6, 6.07) is 16.5. The van der Waals surface area contributed by atoms with Crippen molar-refractivity contribution in [2.45, 2.75) is 38.2 Å². The number of halogens is 2. The van der Waals surface area contributed by atoms with Gasteiger partial charge >= 0.3 is 0 Å². The van der Waals surface area contributed by atoms with E-state index < -0.39 is 30.8 Å². The fraction of sp³-hybridized carbons (Fsp3) is 0.269. The van der Waals surface area contributed by atoms with Crippen molar-refractivity contribution < 1.29 is 18.4 Å². The average Bonchev–Trinajstić information content (AvgIpc) is 3.13. The molecule has 0 saturated carbocycles. The van der Waals surface area contributed by atoms with Crippen LogP contribution in [0.25, 0.3) is 10.9 Å². The van der Waals surface area contributed by atoms with Gasteiger partial charge in [0.05, 0.1) is 18.8 Å². The Morgan fingerprint density at radius 2 is 1.94 bits per heavy atom. The Hall–Kier alpha value is -3.81. The van der Waals surface area contributed by atoms with Crippen molar-refractivity contribution in [2.75, 3.05) is 6.54 Å². The Labute approximate surface area is 196 Å². The molecule has 4 rings (SSSR count). The zero-order valence-corrected chi connectivity index (χ0v) is 18.6. The number of fused-ring (bicyclic) bond motifs is 3. The molecule has 0 unspecified atom stereocenters. The third-order valence-corrected chi connectivity index (χ3v) is 5.84. The van der Waals surface area contributed by atoms with Crippen LogP contribution in [-0.4, -0.2) is 35.1 Å². The second-order valence-electron chi connectivity index (χ2n) is 8.42. The van der Waals surface area contributed by atoms with Gasteiger partial charge in [-0.2, -0.15) is 0 Å². The molecule has 0 bridgehead atoms. The maximum atomic E-state index is 14.1. The Bertz CT molecular complexity index is 1250. The highest BCUT2D eigenvalue weighted by molar-refractivity contribution is 6.03. The summed E-state index contributed by atoms with van der Waals surface area (Å²) in [6.45, 7) is -1.38. The van der Waals surface area contributed by atoms with Crippen LogP contribution in [0, 0.1) is 5.41 Å². The molecule has 1 aliphatic heterocycles. The quantitative estimate of drug-likeness (QED) is 0.334. The minimum Gasteiger partial charge on any atom is -0.345 e. The van der Waals surface area contributed by atoms with E-state index in [9.17, 15) is 18.4 Å². The van der Waals surface area contributed by atoms with E-state index in [1.807, 2.05) is 24.3 Å². The summed E-state index contributed by atoms with van der Waals surface area (Å²) in [4.78, 5) is 25.0. The average molecular weight is 465 g/mol. The molecular formula is C26H26F2N4O2. The van der Waals surface area contributed by atoms with Crippen LogP contribution in [0.15, 0.2) is 66.4 Å². The number of benzene rings is 2. The monoisotopic (exact) mass is 464 g/mol. The normalized spacial score (nSPS) is 15.4. The van der Waals surface area contributed by atoms with Gasteiger partial charge < -0.3 is 20.6 Å². The third kappa shape index (κ3) is 5.39. The fourth-order valence-corrected chi connectivity index (χ4v) is 4.07. The number of amides is 2. The van der Waals surface area contributed by atoms with Gasteiger partial charge in [0.1, 0.15) is 5.69 Å².